The number of carbonyl (C=O) groups excluding carboxylic acids is 1. The second-order valence-corrected chi connectivity index (χ2v) is 5.54. The minimum absolute atomic E-state index is 0.201. The highest BCUT2D eigenvalue weighted by atomic mass is 16.5. The van der Waals surface area contributed by atoms with Crippen LogP contribution in [-0.4, -0.2) is 52.3 Å². The molecular formula is C14H21N3O2. The van der Waals surface area contributed by atoms with Gasteiger partial charge in [-0.05, 0) is 18.9 Å². The van der Waals surface area contributed by atoms with E-state index in [-0.39, 0.29) is 11.3 Å². The van der Waals surface area contributed by atoms with Gasteiger partial charge >= 0.3 is 0 Å². The van der Waals surface area contributed by atoms with Crippen LogP contribution in [-0.2, 0) is 11.8 Å². The van der Waals surface area contributed by atoms with Gasteiger partial charge in [-0.2, -0.15) is 5.10 Å². The van der Waals surface area contributed by atoms with Gasteiger partial charge in [-0.1, -0.05) is 12.8 Å². The highest BCUT2D eigenvalue weighted by Gasteiger charge is 2.47. The first kappa shape index (κ1) is 12.8. The Morgan fingerprint density at radius 3 is 2.58 bits per heavy atom. The van der Waals surface area contributed by atoms with Gasteiger partial charge in [0, 0.05) is 26.3 Å². The van der Waals surface area contributed by atoms with Crippen LogP contribution in [0.1, 0.15) is 36.2 Å². The molecule has 2 fully saturated rings. The monoisotopic (exact) mass is 263 g/mol. The lowest BCUT2D eigenvalue weighted by atomic mass is 9.87. The third-order valence-corrected chi connectivity index (χ3v) is 4.42. The molecule has 1 aliphatic heterocycles. The Hall–Kier alpha value is -1.20. The average Bonchev–Trinajstić information content (AvgIpc) is 3.08. The fraction of sp³-hybridized carbons (Fsp3) is 0.714. The lowest BCUT2D eigenvalue weighted by Gasteiger charge is -2.41. The van der Waals surface area contributed by atoms with Gasteiger partial charge < -0.3 is 4.74 Å². The fourth-order valence-corrected chi connectivity index (χ4v) is 3.41. The predicted octanol–water partition coefficient (Wildman–Crippen LogP) is 1.25. The summed E-state index contributed by atoms with van der Waals surface area (Å²) in [7, 11) is 1.85. The van der Waals surface area contributed by atoms with Gasteiger partial charge in [0.25, 0.3) is 0 Å². The van der Waals surface area contributed by atoms with Crippen LogP contribution in [0.4, 0.5) is 0 Å². The number of aromatic nitrogens is 2. The van der Waals surface area contributed by atoms with Gasteiger partial charge in [0.2, 0.25) is 5.78 Å². The van der Waals surface area contributed by atoms with Gasteiger partial charge in [-0.15, -0.1) is 0 Å². The standard InChI is InChI=1S/C14H21N3O2/c1-16-7-4-12(15-16)13(18)14(5-2-3-6-14)17-8-10-19-11-9-17/h4,7H,2-3,5-6,8-11H2,1H3. The number of rotatable bonds is 3. The summed E-state index contributed by atoms with van der Waals surface area (Å²) in [6.45, 7) is 3.19. The van der Waals surface area contributed by atoms with E-state index in [1.165, 1.54) is 0 Å². The highest BCUT2D eigenvalue weighted by molar-refractivity contribution is 6.01. The minimum atomic E-state index is -0.321. The molecule has 1 aromatic heterocycles. The van der Waals surface area contributed by atoms with E-state index in [2.05, 4.69) is 10.00 Å². The number of morpholine rings is 1. The third kappa shape index (κ3) is 2.21. The van der Waals surface area contributed by atoms with Gasteiger partial charge in [0.15, 0.2) is 0 Å². The topological polar surface area (TPSA) is 47.4 Å². The molecule has 2 aliphatic rings. The largest absolute Gasteiger partial charge is 0.379 e. The molecule has 1 aliphatic carbocycles. The van der Waals surface area contributed by atoms with Gasteiger partial charge in [-0.25, -0.2) is 0 Å². The molecule has 104 valence electrons. The van der Waals surface area contributed by atoms with Crippen LogP contribution < -0.4 is 0 Å². The fourth-order valence-electron chi connectivity index (χ4n) is 3.41. The van der Waals surface area contributed by atoms with Crippen molar-refractivity contribution < 1.29 is 9.53 Å². The number of aryl methyl sites for hydroxylation is 1. The summed E-state index contributed by atoms with van der Waals surface area (Å²) in [5.74, 6) is 0.201. The van der Waals surface area contributed by atoms with E-state index in [0.717, 1.165) is 52.0 Å². The number of Topliss-reactive ketones (excluding diaryl/α,β-unsaturated/α-hetero) is 1. The Balaban J connectivity index is 1.89. The van der Waals surface area contributed by atoms with Crippen LogP contribution in [0, 0.1) is 0 Å². The van der Waals surface area contributed by atoms with E-state index < -0.39 is 0 Å². The van der Waals surface area contributed by atoms with E-state index in [1.807, 2.05) is 19.3 Å². The summed E-state index contributed by atoms with van der Waals surface area (Å²) in [6, 6.07) is 1.84. The van der Waals surface area contributed by atoms with E-state index in [4.69, 9.17) is 4.74 Å². The molecular weight excluding hydrogens is 242 g/mol. The quantitative estimate of drug-likeness (QED) is 0.770. The van der Waals surface area contributed by atoms with E-state index in [1.54, 1.807) is 4.68 Å². The molecule has 0 aromatic carbocycles. The van der Waals surface area contributed by atoms with Gasteiger partial charge in [-0.3, -0.25) is 14.4 Å². The van der Waals surface area contributed by atoms with Crippen LogP contribution >= 0.6 is 0 Å². The summed E-state index contributed by atoms with van der Waals surface area (Å²) in [5.41, 5.74) is 0.286. The molecule has 19 heavy (non-hydrogen) atoms. The van der Waals surface area contributed by atoms with Gasteiger partial charge in [0.1, 0.15) is 5.69 Å². The van der Waals surface area contributed by atoms with Crippen molar-refractivity contribution in [1.82, 2.24) is 14.7 Å². The van der Waals surface area contributed by atoms with Crippen molar-refractivity contribution in [3.63, 3.8) is 0 Å². The maximum absolute atomic E-state index is 12.9. The average molecular weight is 263 g/mol. The van der Waals surface area contributed by atoms with E-state index in [9.17, 15) is 4.79 Å². The van der Waals surface area contributed by atoms with Crippen molar-refractivity contribution in [3.05, 3.63) is 18.0 Å². The van der Waals surface area contributed by atoms with Crippen molar-refractivity contribution in [2.24, 2.45) is 7.05 Å². The molecule has 0 spiro atoms. The van der Waals surface area contributed by atoms with Crippen molar-refractivity contribution in [3.8, 4) is 0 Å². The van der Waals surface area contributed by atoms with Crippen LogP contribution in [0.15, 0.2) is 12.3 Å². The molecule has 5 nitrogen and oxygen atoms in total. The Labute approximate surface area is 113 Å². The highest BCUT2D eigenvalue weighted by Crippen LogP contribution is 2.38. The van der Waals surface area contributed by atoms with Crippen LogP contribution in [0.3, 0.4) is 0 Å². The van der Waals surface area contributed by atoms with Crippen molar-refractivity contribution in [2.75, 3.05) is 26.3 Å². The summed E-state index contributed by atoms with van der Waals surface area (Å²) in [4.78, 5) is 15.3. The molecule has 1 saturated heterocycles. The molecule has 0 atom stereocenters. The first-order valence-electron chi connectivity index (χ1n) is 7.10. The molecule has 0 N–H and O–H groups in total. The molecule has 2 heterocycles. The lowest BCUT2D eigenvalue weighted by molar-refractivity contribution is -0.0132. The molecule has 5 heteroatoms. The van der Waals surface area contributed by atoms with Crippen LogP contribution in [0.5, 0.6) is 0 Å². The molecule has 3 rings (SSSR count). The Bertz CT molecular complexity index is 457. The van der Waals surface area contributed by atoms with Crippen LogP contribution in [0.2, 0.25) is 0 Å². The summed E-state index contributed by atoms with van der Waals surface area (Å²) in [6.07, 6.45) is 6.03. The molecule has 1 saturated carbocycles. The molecule has 0 bridgehead atoms. The van der Waals surface area contributed by atoms with Crippen molar-refractivity contribution in [1.29, 1.82) is 0 Å². The predicted molar refractivity (Wildman–Crippen MR) is 71.1 cm³/mol. The summed E-state index contributed by atoms with van der Waals surface area (Å²) in [5, 5.41) is 4.30. The Morgan fingerprint density at radius 1 is 1.32 bits per heavy atom. The molecule has 1 aromatic rings. The van der Waals surface area contributed by atoms with Crippen molar-refractivity contribution >= 4 is 5.78 Å². The zero-order valence-electron chi connectivity index (χ0n) is 11.5. The first-order chi connectivity index (χ1) is 9.22. The maximum Gasteiger partial charge on any atom is 0.203 e. The summed E-state index contributed by atoms with van der Waals surface area (Å²) >= 11 is 0. The maximum atomic E-state index is 12.9. The molecule has 0 radical (unpaired) electrons. The number of nitrogens with zero attached hydrogens (tertiary/aromatic N) is 3. The van der Waals surface area contributed by atoms with E-state index >= 15 is 0 Å². The van der Waals surface area contributed by atoms with Crippen LogP contribution in [0.25, 0.3) is 0 Å². The number of hydrogen-bond donors (Lipinski definition) is 0. The number of hydrogen-bond acceptors (Lipinski definition) is 4. The second kappa shape index (κ2) is 5.06. The lowest BCUT2D eigenvalue weighted by Crippen LogP contribution is -2.56. The normalized spacial score (nSPS) is 23.6. The first-order valence-corrected chi connectivity index (χ1v) is 7.10. The summed E-state index contributed by atoms with van der Waals surface area (Å²) < 4.78 is 7.12. The zero-order valence-corrected chi connectivity index (χ0v) is 11.5. The third-order valence-electron chi connectivity index (χ3n) is 4.42. The molecule has 0 amide bonds. The Kier molecular flexibility index (Phi) is 3.41. The SMILES string of the molecule is Cn1ccc(C(=O)C2(N3CCOCC3)CCCC2)n1. The smallest absolute Gasteiger partial charge is 0.203 e. The Morgan fingerprint density at radius 2 is 2.00 bits per heavy atom. The number of ether oxygens (including phenoxy) is 1. The second-order valence-electron chi connectivity index (χ2n) is 5.54. The van der Waals surface area contributed by atoms with E-state index in [0.29, 0.717) is 5.69 Å². The van der Waals surface area contributed by atoms with Crippen molar-refractivity contribution in [2.45, 2.75) is 31.2 Å². The van der Waals surface area contributed by atoms with Gasteiger partial charge in [0.05, 0.1) is 18.8 Å². The minimum Gasteiger partial charge on any atom is -0.379 e. The number of ketones is 1. The molecule has 0 unspecified atom stereocenters. The zero-order chi connectivity index (χ0) is 13.3. The number of carbonyl (C=O) groups is 1.